The van der Waals surface area contributed by atoms with Crippen molar-refractivity contribution in [1.29, 1.82) is 5.26 Å². The van der Waals surface area contributed by atoms with E-state index in [0.29, 0.717) is 26.3 Å². The number of carbonyl (C=O) groups excluding carboxylic acids is 1. The Hall–Kier alpha value is -2.36. The number of nitriles is 1. The minimum atomic E-state index is -0.246. The molecule has 0 atom stereocenters. The van der Waals surface area contributed by atoms with Crippen LogP contribution in [0.4, 0.5) is 0 Å². The largest absolute Gasteiger partial charge is 0.378 e. The van der Waals surface area contributed by atoms with Gasteiger partial charge in [-0.05, 0) is 42.5 Å². The molecule has 1 fully saturated rings. The maximum absolute atomic E-state index is 12.5. The summed E-state index contributed by atoms with van der Waals surface area (Å²) in [6.07, 6.45) is 3.54. The highest BCUT2D eigenvalue weighted by atomic mass is 79.9. The number of aromatic nitrogens is 1. The third-order valence-electron chi connectivity index (χ3n) is 3.83. The van der Waals surface area contributed by atoms with E-state index in [4.69, 9.17) is 4.74 Å². The number of benzene rings is 1. The number of amides is 1. The van der Waals surface area contributed by atoms with Gasteiger partial charge < -0.3 is 14.2 Å². The van der Waals surface area contributed by atoms with Gasteiger partial charge in [0.1, 0.15) is 11.6 Å². The number of morpholine rings is 1. The van der Waals surface area contributed by atoms with Gasteiger partial charge >= 0.3 is 0 Å². The number of nitrogens with zero attached hydrogens (tertiary/aromatic N) is 3. The number of rotatable bonds is 3. The van der Waals surface area contributed by atoms with Crippen LogP contribution < -0.4 is 0 Å². The first-order valence-electron chi connectivity index (χ1n) is 7.61. The summed E-state index contributed by atoms with van der Waals surface area (Å²) in [5, 5.41) is 9.41. The van der Waals surface area contributed by atoms with E-state index >= 15 is 0 Å². The molecule has 24 heavy (non-hydrogen) atoms. The van der Waals surface area contributed by atoms with Crippen LogP contribution in [0.5, 0.6) is 0 Å². The van der Waals surface area contributed by atoms with Gasteiger partial charge in [0, 0.05) is 35.1 Å². The molecule has 0 N–H and O–H groups in total. The zero-order valence-corrected chi connectivity index (χ0v) is 14.6. The summed E-state index contributed by atoms with van der Waals surface area (Å²) in [7, 11) is 0. The van der Waals surface area contributed by atoms with Gasteiger partial charge in [-0.2, -0.15) is 5.26 Å². The molecule has 1 amide bonds. The second kappa shape index (κ2) is 7.47. The fourth-order valence-corrected chi connectivity index (χ4v) is 2.84. The van der Waals surface area contributed by atoms with E-state index in [0.717, 1.165) is 15.9 Å². The average molecular weight is 386 g/mol. The second-order valence-electron chi connectivity index (χ2n) is 5.35. The first-order chi connectivity index (χ1) is 11.7. The Labute approximate surface area is 148 Å². The summed E-state index contributed by atoms with van der Waals surface area (Å²) >= 11 is 3.42. The smallest absolute Gasteiger partial charge is 0.264 e. The molecule has 1 aromatic carbocycles. The molecule has 1 aliphatic heterocycles. The van der Waals surface area contributed by atoms with Crippen molar-refractivity contribution in [3.8, 4) is 11.8 Å². The van der Waals surface area contributed by atoms with Crippen molar-refractivity contribution >= 4 is 27.9 Å². The maximum Gasteiger partial charge on any atom is 0.264 e. The molecule has 0 bridgehead atoms. The molecule has 1 aliphatic rings. The quantitative estimate of drug-likeness (QED) is 0.602. The number of halogens is 1. The highest BCUT2D eigenvalue weighted by molar-refractivity contribution is 9.10. The van der Waals surface area contributed by atoms with Crippen molar-refractivity contribution in [1.82, 2.24) is 9.47 Å². The lowest BCUT2D eigenvalue weighted by atomic mass is 10.2. The van der Waals surface area contributed by atoms with Gasteiger partial charge in [-0.25, -0.2) is 0 Å². The van der Waals surface area contributed by atoms with Crippen LogP contribution in [0.2, 0.25) is 0 Å². The molecule has 0 aliphatic carbocycles. The Balaban J connectivity index is 1.89. The Morgan fingerprint density at radius 1 is 1.21 bits per heavy atom. The monoisotopic (exact) mass is 385 g/mol. The fraction of sp³-hybridized carbons (Fsp3) is 0.222. The Bertz CT molecular complexity index is 796. The molecule has 122 valence electrons. The lowest BCUT2D eigenvalue weighted by molar-refractivity contribution is -0.130. The van der Waals surface area contributed by atoms with Crippen LogP contribution in [0.1, 0.15) is 5.69 Å². The molecule has 1 saturated heterocycles. The maximum atomic E-state index is 12.5. The number of hydrogen-bond donors (Lipinski definition) is 0. The summed E-state index contributed by atoms with van der Waals surface area (Å²) in [4.78, 5) is 14.2. The Kier molecular flexibility index (Phi) is 5.14. The molecule has 3 rings (SSSR count). The number of carbonyl (C=O) groups is 1. The molecule has 5 nitrogen and oxygen atoms in total. The molecule has 2 aromatic rings. The SMILES string of the molecule is N#C/C(=C/c1cccn1-c1ccc(Br)cc1)C(=O)N1CCOCC1. The van der Waals surface area contributed by atoms with E-state index in [1.54, 1.807) is 11.0 Å². The van der Waals surface area contributed by atoms with E-state index in [2.05, 4.69) is 15.9 Å². The van der Waals surface area contributed by atoms with Crippen LogP contribution in [-0.4, -0.2) is 41.7 Å². The molecule has 2 heterocycles. The molecule has 0 spiro atoms. The number of ether oxygens (including phenoxy) is 1. The summed E-state index contributed by atoms with van der Waals surface area (Å²) in [5.41, 5.74) is 1.88. The van der Waals surface area contributed by atoms with Crippen molar-refractivity contribution < 1.29 is 9.53 Å². The topological polar surface area (TPSA) is 58.3 Å². The van der Waals surface area contributed by atoms with Crippen LogP contribution in [0.15, 0.2) is 52.6 Å². The third-order valence-corrected chi connectivity index (χ3v) is 4.36. The summed E-state index contributed by atoms with van der Waals surface area (Å²) in [6, 6.07) is 13.6. The first kappa shape index (κ1) is 16.5. The normalized spacial score (nSPS) is 15.2. The molecule has 1 aromatic heterocycles. The van der Waals surface area contributed by atoms with Crippen molar-refractivity contribution in [3.05, 3.63) is 58.3 Å². The first-order valence-corrected chi connectivity index (χ1v) is 8.40. The lowest BCUT2D eigenvalue weighted by Crippen LogP contribution is -2.41. The van der Waals surface area contributed by atoms with Gasteiger partial charge in [-0.15, -0.1) is 0 Å². The zero-order chi connectivity index (χ0) is 16.9. The Morgan fingerprint density at radius 2 is 1.92 bits per heavy atom. The second-order valence-corrected chi connectivity index (χ2v) is 6.27. The summed E-state index contributed by atoms with van der Waals surface area (Å²) in [5.74, 6) is -0.246. The van der Waals surface area contributed by atoms with Gasteiger partial charge in [0.15, 0.2) is 0 Å². The minimum absolute atomic E-state index is 0.133. The van der Waals surface area contributed by atoms with Crippen molar-refractivity contribution in [2.24, 2.45) is 0 Å². The van der Waals surface area contributed by atoms with Gasteiger partial charge in [0.05, 0.1) is 13.2 Å². The predicted molar refractivity (Wildman–Crippen MR) is 94.5 cm³/mol. The van der Waals surface area contributed by atoms with Gasteiger partial charge in [0.25, 0.3) is 5.91 Å². The van der Waals surface area contributed by atoms with Gasteiger partial charge in [-0.3, -0.25) is 4.79 Å². The van der Waals surface area contributed by atoms with Gasteiger partial charge in [0.2, 0.25) is 0 Å². The lowest BCUT2D eigenvalue weighted by Gasteiger charge is -2.26. The minimum Gasteiger partial charge on any atom is -0.378 e. The predicted octanol–water partition coefficient (Wildman–Crippen LogP) is 3.01. The molecule has 0 unspecified atom stereocenters. The zero-order valence-electron chi connectivity index (χ0n) is 13.0. The Morgan fingerprint density at radius 3 is 2.58 bits per heavy atom. The standard InChI is InChI=1S/C18H16BrN3O2/c19-15-3-5-16(6-4-15)22-7-1-2-17(22)12-14(13-20)18(23)21-8-10-24-11-9-21/h1-7,12H,8-11H2/b14-12-. The summed E-state index contributed by atoms with van der Waals surface area (Å²) in [6.45, 7) is 2.07. The molecule has 0 saturated carbocycles. The van der Waals surface area contributed by atoms with Crippen molar-refractivity contribution in [3.63, 3.8) is 0 Å². The fourth-order valence-electron chi connectivity index (χ4n) is 2.58. The number of hydrogen-bond acceptors (Lipinski definition) is 3. The molecular formula is C18H16BrN3O2. The molecule has 0 radical (unpaired) electrons. The van der Waals surface area contributed by atoms with Crippen LogP contribution in [0.25, 0.3) is 11.8 Å². The summed E-state index contributed by atoms with van der Waals surface area (Å²) < 4.78 is 8.19. The van der Waals surface area contributed by atoms with E-state index in [1.165, 1.54) is 0 Å². The van der Waals surface area contributed by atoms with E-state index in [1.807, 2.05) is 53.2 Å². The highest BCUT2D eigenvalue weighted by Crippen LogP contribution is 2.19. The van der Waals surface area contributed by atoms with E-state index in [-0.39, 0.29) is 11.5 Å². The van der Waals surface area contributed by atoms with Crippen LogP contribution >= 0.6 is 15.9 Å². The van der Waals surface area contributed by atoms with E-state index < -0.39 is 0 Å². The molecular weight excluding hydrogens is 370 g/mol. The van der Waals surface area contributed by atoms with E-state index in [9.17, 15) is 10.1 Å². The van der Waals surface area contributed by atoms with Crippen molar-refractivity contribution in [2.45, 2.75) is 0 Å². The van der Waals surface area contributed by atoms with Crippen LogP contribution in [0, 0.1) is 11.3 Å². The average Bonchev–Trinajstić information content (AvgIpc) is 3.08. The third kappa shape index (κ3) is 3.58. The van der Waals surface area contributed by atoms with Crippen LogP contribution in [-0.2, 0) is 9.53 Å². The van der Waals surface area contributed by atoms with Gasteiger partial charge in [-0.1, -0.05) is 15.9 Å². The van der Waals surface area contributed by atoms with Crippen LogP contribution in [0.3, 0.4) is 0 Å². The highest BCUT2D eigenvalue weighted by Gasteiger charge is 2.21. The van der Waals surface area contributed by atoms with Crippen molar-refractivity contribution in [2.75, 3.05) is 26.3 Å². The molecule has 6 heteroatoms.